The van der Waals surface area contributed by atoms with Crippen molar-refractivity contribution in [2.24, 2.45) is 5.92 Å². The maximum absolute atomic E-state index is 13.8. The second-order valence-corrected chi connectivity index (χ2v) is 11.5. The molecule has 9 nitrogen and oxygen atoms in total. The number of methoxy groups -OCH3 is 3. The number of fused-ring (bicyclic) bond motifs is 3. The molecule has 4 rings (SSSR count). The minimum Gasteiger partial charge on any atom is -0.493 e. The van der Waals surface area contributed by atoms with Gasteiger partial charge in [-0.2, -0.15) is 0 Å². The van der Waals surface area contributed by atoms with E-state index in [1.54, 1.807) is 33.5 Å². The normalized spacial score (nSPS) is 15.1. The lowest BCUT2D eigenvalue weighted by atomic mass is 9.95. The average molecular weight is 653 g/mol. The third-order valence-corrected chi connectivity index (χ3v) is 8.31. The van der Waals surface area contributed by atoms with E-state index in [1.807, 2.05) is 50.2 Å². The van der Waals surface area contributed by atoms with Crippen LogP contribution in [-0.4, -0.2) is 39.2 Å². The second kappa shape index (κ2) is 13.9. The fourth-order valence-electron chi connectivity index (χ4n) is 5.48. The molecule has 0 heterocycles. The molecule has 0 aromatic heterocycles. The van der Waals surface area contributed by atoms with Crippen LogP contribution in [0.25, 0.3) is 11.1 Å². The van der Waals surface area contributed by atoms with Crippen LogP contribution in [0.1, 0.15) is 50.8 Å². The van der Waals surface area contributed by atoms with Crippen molar-refractivity contribution in [3.8, 4) is 28.4 Å². The Bertz CT molecular complexity index is 1580. The van der Waals surface area contributed by atoms with Crippen LogP contribution in [0.3, 0.4) is 0 Å². The number of aryl methyl sites for hydroxylation is 1. The molecular formula is C33H38BrN3O6. The lowest BCUT2D eigenvalue weighted by Crippen LogP contribution is -2.40. The first-order chi connectivity index (χ1) is 20.6. The molecule has 3 N–H and O–H groups in total. The highest BCUT2D eigenvalue weighted by Gasteiger charge is 2.30. The summed E-state index contributed by atoms with van der Waals surface area (Å²) in [6.07, 6.45) is 1.86. The average Bonchev–Trinajstić information content (AvgIpc) is 3.22. The van der Waals surface area contributed by atoms with Gasteiger partial charge >= 0.3 is 0 Å². The Morgan fingerprint density at radius 2 is 1.77 bits per heavy atom. The number of carbonyl (C=O) groups is 2. The van der Waals surface area contributed by atoms with Gasteiger partial charge < -0.3 is 30.2 Å². The van der Waals surface area contributed by atoms with E-state index in [9.17, 15) is 14.4 Å². The molecule has 10 heteroatoms. The van der Waals surface area contributed by atoms with Crippen LogP contribution in [0.15, 0.2) is 57.8 Å². The number of hydrogen-bond acceptors (Lipinski definition) is 7. The van der Waals surface area contributed by atoms with E-state index in [4.69, 9.17) is 14.2 Å². The van der Waals surface area contributed by atoms with Crippen molar-refractivity contribution in [3.05, 3.63) is 74.4 Å². The lowest BCUT2D eigenvalue weighted by Gasteiger charge is -2.24. The van der Waals surface area contributed by atoms with Crippen LogP contribution < -0.4 is 35.6 Å². The fraction of sp³-hybridized carbons (Fsp3) is 0.364. The first-order valence-electron chi connectivity index (χ1n) is 14.2. The van der Waals surface area contributed by atoms with Crippen molar-refractivity contribution < 1.29 is 23.8 Å². The van der Waals surface area contributed by atoms with Crippen molar-refractivity contribution in [1.29, 1.82) is 0 Å². The number of ether oxygens (including phenoxy) is 3. The molecule has 1 aliphatic carbocycles. The number of halogens is 1. The summed E-state index contributed by atoms with van der Waals surface area (Å²) >= 11 is 3.44. The van der Waals surface area contributed by atoms with Crippen LogP contribution in [0, 0.1) is 5.92 Å². The standard InChI is InChI=1S/C33H38BrN3O6/c1-7-18(2)30(33(40)36-22-10-8-9-21(34)16-22)37-26-14-12-23-24(17-27(26)39)25(35-19(3)38)13-11-20-15-28(41-4)31(42-5)32(43-6)29(20)23/h8-10,12,14-18,25,30H,7,11,13H2,1-6H3,(H,35,38)(H,36,40)(H,37,39). The van der Waals surface area contributed by atoms with Gasteiger partial charge in [-0.05, 0) is 71.8 Å². The number of rotatable bonds is 10. The molecular weight excluding hydrogens is 614 g/mol. The second-order valence-electron chi connectivity index (χ2n) is 10.6. The zero-order valence-electron chi connectivity index (χ0n) is 25.3. The van der Waals surface area contributed by atoms with Crippen LogP contribution >= 0.6 is 15.9 Å². The number of carbonyl (C=O) groups excluding carboxylic acids is 2. The number of hydrogen-bond donors (Lipinski definition) is 3. The van der Waals surface area contributed by atoms with Gasteiger partial charge in [-0.1, -0.05) is 48.3 Å². The quantitative estimate of drug-likeness (QED) is 0.243. The third-order valence-electron chi connectivity index (χ3n) is 7.81. The SMILES string of the molecule is CCC(C)C(Nc1ccc2c(cc1=O)C(NC(C)=O)CCc1cc(OC)c(OC)c(OC)c1-2)C(=O)Nc1cccc(Br)c1. The van der Waals surface area contributed by atoms with E-state index in [2.05, 4.69) is 31.9 Å². The van der Waals surface area contributed by atoms with Crippen molar-refractivity contribution in [2.45, 2.75) is 52.1 Å². The molecule has 0 bridgehead atoms. The summed E-state index contributed by atoms with van der Waals surface area (Å²) in [6.45, 7) is 5.42. The molecule has 0 fully saturated rings. The first-order valence-corrected chi connectivity index (χ1v) is 15.0. The van der Waals surface area contributed by atoms with Crippen LogP contribution in [0.4, 0.5) is 11.4 Å². The monoisotopic (exact) mass is 651 g/mol. The zero-order chi connectivity index (χ0) is 31.3. The number of anilines is 2. The Balaban J connectivity index is 1.86. The van der Waals surface area contributed by atoms with Gasteiger partial charge in [0.05, 0.1) is 33.1 Å². The molecule has 0 saturated carbocycles. The largest absolute Gasteiger partial charge is 0.493 e. The molecule has 43 heavy (non-hydrogen) atoms. The van der Waals surface area contributed by atoms with Crippen molar-refractivity contribution in [1.82, 2.24) is 5.32 Å². The Kier molecular flexibility index (Phi) is 10.3. The highest BCUT2D eigenvalue weighted by atomic mass is 79.9. The van der Waals surface area contributed by atoms with E-state index < -0.39 is 12.1 Å². The zero-order valence-corrected chi connectivity index (χ0v) is 26.9. The van der Waals surface area contributed by atoms with Gasteiger partial charge in [-0.25, -0.2) is 0 Å². The molecule has 3 aromatic carbocycles. The van der Waals surface area contributed by atoms with E-state index in [0.717, 1.165) is 15.6 Å². The molecule has 228 valence electrons. The predicted molar refractivity (Wildman–Crippen MR) is 172 cm³/mol. The first kappa shape index (κ1) is 31.9. The molecule has 3 unspecified atom stereocenters. The number of amides is 2. The number of nitrogens with one attached hydrogen (secondary N) is 3. The van der Waals surface area contributed by atoms with Crippen LogP contribution in [-0.2, 0) is 16.0 Å². The summed E-state index contributed by atoms with van der Waals surface area (Å²) < 4.78 is 18.0. The summed E-state index contributed by atoms with van der Waals surface area (Å²) in [5, 5.41) is 9.22. The van der Waals surface area contributed by atoms with E-state index >= 15 is 0 Å². The van der Waals surface area contributed by atoms with Crippen LogP contribution in [0.5, 0.6) is 17.2 Å². The smallest absolute Gasteiger partial charge is 0.247 e. The van der Waals surface area contributed by atoms with Gasteiger partial charge in [0.25, 0.3) is 0 Å². The highest BCUT2D eigenvalue weighted by molar-refractivity contribution is 9.10. The maximum Gasteiger partial charge on any atom is 0.247 e. The van der Waals surface area contributed by atoms with Gasteiger partial charge in [-0.3, -0.25) is 14.4 Å². The molecule has 3 atom stereocenters. The molecule has 0 aliphatic heterocycles. The highest BCUT2D eigenvalue weighted by Crippen LogP contribution is 2.50. The van der Waals surface area contributed by atoms with Crippen molar-refractivity contribution >= 4 is 39.1 Å². The van der Waals surface area contributed by atoms with Gasteiger partial charge in [0.1, 0.15) is 6.04 Å². The molecule has 0 radical (unpaired) electrons. The number of benzene rings is 2. The molecule has 3 aromatic rings. The van der Waals surface area contributed by atoms with Gasteiger partial charge in [0.15, 0.2) is 11.5 Å². The summed E-state index contributed by atoms with van der Waals surface area (Å²) in [5.41, 5.74) is 3.67. The van der Waals surface area contributed by atoms with Crippen LogP contribution in [0.2, 0.25) is 0 Å². The summed E-state index contributed by atoms with van der Waals surface area (Å²) in [6, 6.07) is 13.2. The van der Waals surface area contributed by atoms with E-state index in [-0.39, 0.29) is 28.8 Å². The molecule has 0 spiro atoms. The summed E-state index contributed by atoms with van der Waals surface area (Å²) in [7, 11) is 4.67. The lowest BCUT2D eigenvalue weighted by molar-refractivity contribution is -0.120. The molecule has 2 amide bonds. The fourth-order valence-corrected chi connectivity index (χ4v) is 5.88. The van der Waals surface area contributed by atoms with E-state index in [0.29, 0.717) is 53.3 Å². The summed E-state index contributed by atoms with van der Waals surface area (Å²) in [4.78, 5) is 39.5. The minimum absolute atomic E-state index is 0.0837. The summed E-state index contributed by atoms with van der Waals surface area (Å²) in [5.74, 6) is 0.890. The predicted octanol–water partition coefficient (Wildman–Crippen LogP) is 6.09. The topological polar surface area (TPSA) is 115 Å². The van der Waals surface area contributed by atoms with Gasteiger partial charge in [-0.15, -0.1) is 0 Å². The van der Waals surface area contributed by atoms with E-state index in [1.165, 1.54) is 6.92 Å². The minimum atomic E-state index is -0.684. The maximum atomic E-state index is 13.8. The van der Waals surface area contributed by atoms with Gasteiger partial charge in [0, 0.05) is 22.6 Å². The Morgan fingerprint density at radius 3 is 2.40 bits per heavy atom. The van der Waals surface area contributed by atoms with Crippen molar-refractivity contribution in [2.75, 3.05) is 32.0 Å². The molecule has 1 aliphatic rings. The third kappa shape index (κ3) is 6.96. The molecule has 0 saturated heterocycles. The Morgan fingerprint density at radius 1 is 1.02 bits per heavy atom. The van der Waals surface area contributed by atoms with Crippen molar-refractivity contribution in [3.63, 3.8) is 0 Å². The Labute approximate surface area is 260 Å². The Hall–Kier alpha value is -4.05. The van der Waals surface area contributed by atoms with Gasteiger partial charge in [0.2, 0.25) is 23.0 Å².